The van der Waals surface area contributed by atoms with Crippen molar-refractivity contribution in [2.45, 2.75) is 13.5 Å². The van der Waals surface area contributed by atoms with E-state index in [1.54, 1.807) is 37.3 Å². The summed E-state index contributed by atoms with van der Waals surface area (Å²) in [5.74, 6) is 1.14. The molecule has 7 heteroatoms. The number of amides is 1. The molecular formula is C24H23N3O3S. The lowest BCUT2D eigenvalue weighted by Gasteiger charge is -2.20. The number of aryl methyl sites for hydroxylation is 1. The average molecular weight is 434 g/mol. The Morgan fingerprint density at radius 3 is 2.52 bits per heavy atom. The maximum absolute atomic E-state index is 13.3. The van der Waals surface area contributed by atoms with Gasteiger partial charge in [-0.15, -0.1) is 17.9 Å². The van der Waals surface area contributed by atoms with Gasteiger partial charge < -0.3 is 14.4 Å². The van der Waals surface area contributed by atoms with E-state index in [2.05, 4.69) is 17.6 Å². The molecule has 0 saturated heterocycles. The van der Waals surface area contributed by atoms with Crippen LogP contribution in [0.5, 0.6) is 11.5 Å². The highest BCUT2D eigenvalue weighted by Gasteiger charge is 2.22. The van der Waals surface area contributed by atoms with Crippen molar-refractivity contribution in [3.8, 4) is 28.1 Å². The molecule has 0 radical (unpaired) electrons. The average Bonchev–Trinajstić information content (AvgIpc) is 3.19. The van der Waals surface area contributed by atoms with Crippen LogP contribution in [0.2, 0.25) is 0 Å². The van der Waals surface area contributed by atoms with Crippen molar-refractivity contribution in [1.82, 2.24) is 9.88 Å². The second-order valence-corrected chi connectivity index (χ2v) is 7.79. The third-order valence-electron chi connectivity index (χ3n) is 4.71. The molecular weight excluding hydrogens is 410 g/mol. The number of carbonyl (C=O) groups is 1. The predicted octanol–water partition coefficient (Wildman–Crippen LogP) is 4.84. The van der Waals surface area contributed by atoms with Crippen molar-refractivity contribution in [3.05, 3.63) is 76.8 Å². The summed E-state index contributed by atoms with van der Waals surface area (Å²) in [6.45, 7) is 6.44. The summed E-state index contributed by atoms with van der Waals surface area (Å²) in [4.78, 5) is 20.2. The fourth-order valence-electron chi connectivity index (χ4n) is 3.11. The molecule has 0 saturated carbocycles. The normalized spacial score (nSPS) is 10.3. The number of benzene rings is 2. The van der Waals surface area contributed by atoms with Crippen molar-refractivity contribution in [2.24, 2.45) is 0 Å². The summed E-state index contributed by atoms with van der Waals surface area (Å²) >= 11 is 1.35. The standard InChI is InChI=1S/C24H23N3O3S/c1-5-12-27(15-18-8-6-17(14-25)7-9-18)24(28)22-16(2)26-23(31-22)19-10-11-20(29-3)21(13-19)30-4/h5-11,13H,1,12,15H2,2-4H3. The molecule has 1 aromatic heterocycles. The Morgan fingerprint density at radius 1 is 1.19 bits per heavy atom. The first kappa shape index (κ1) is 22.1. The molecule has 31 heavy (non-hydrogen) atoms. The summed E-state index contributed by atoms with van der Waals surface area (Å²) in [6.07, 6.45) is 1.70. The van der Waals surface area contributed by atoms with Crippen molar-refractivity contribution in [1.29, 1.82) is 5.26 Å². The molecule has 0 aliphatic rings. The van der Waals surface area contributed by atoms with Gasteiger partial charge in [-0.25, -0.2) is 4.98 Å². The number of hydrogen-bond acceptors (Lipinski definition) is 6. The van der Waals surface area contributed by atoms with E-state index in [4.69, 9.17) is 14.7 Å². The molecule has 0 aliphatic carbocycles. The van der Waals surface area contributed by atoms with Crippen LogP contribution in [0, 0.1) is 18.3 Å². The maximum atomic E-state index is 13.3. The smallest absolute Gasteiger partial charge is 0.266 e. The highest BCUT2D eigenvalue weighted by molar-refractivity contribution is 7.17. The molecule has 0 N–H and O–H groups in total. The second-order valence-electron chi connectivity index (χ2n) is 6.79. The third kappa shape index (κ3) is 4.93. The van der Waals surface area contributed by atoms with Crippen molar-refractivity contribution in [2.75, 3.05) is 20.8 Å². The molecule has 0 fully saturated rings. The number of hydrogen-bond donors (Lipinski definition) is 0. The topological polar surface area (TPSA) is 75.5 Å². The fourth-order valence-corrected chi connectivity index (χ4v) is 4.14. The van der Waals surface area contributed by atoms with Crippen LogP contribution in [-0.2, 0) is 6.54 Å². The lowest BCUT2D eigenvalue weighted by Crippen LogP contribution is -2.30. The summed E-state index contributed by atoms with van der Waals surface area (Å²) in [5, 5.41) is 9.71. The summed E-state index contributed by atoms with van der Waals surface area (Å²) < 4.78 is 10.7. The molecule has 0 atom stereocenters. The number of nitrogens with zero attached hydrogens (tertiary/aromatic N) is 3. The van der Waals surface area contributed by atoms with Crippen LogP contribution in [0.15, 0.2) is 55.1 Å². The van der Waals surface area contributed by atoms with Crippen molar-refractivity contribution in [3.63, 3.8) is 0 Å². The monoisotopic (exact) mass is 433 g/mol. The van der Waals surface area contributed by atoms with Crippen LogP contribution in [0.1, 0.15) is 26.5 Å². The van der Waals surface area contributed by atoms with Crippen LogP contribution in [0.3, 0.4) is 0 Å². The number of rotatable bonds is 8. The largest absolute Gasteiger partial charge is 0.493 e. The maximum Gasteiger partial charge on any atom is 0.266 e. The van der Waals surface area contributed by atoms with Crippen molar-refractivity contribution >= 4 is 17.2 Å². The Kier molecular flexibility index (Phi) is 7.06. The molecule has 6 nitrogen and oxygen atoms in total. The SMILES string of the molecule is C=CCN(Cc1ccc(C#N)cc1)C(=O)c1sc(-c2ccc(OC)c(OC)c2)nc1C. The Morgan fingerprint density at radius 2 is 1.90 bits per heavy atom. The van der Waals surface area contributed by atoms with Gasteiger partial charge in [0.25, 0.3) is 5.91 Å². The molecule has 3 rings (SSSR count). The zero-order valence-electron chi connectivity index (χ0n) is 17.7. The van der Waals surface area contributed by atoms with Gasteiger partial charge in [-0.1, -0.05) is 18.2 Å². The van der Waals surface area contributed by atoms with Gasteiger partial charge in [0.2, 0.25) is 0 Å². The van der Waals surface area contributed by atoms with E-state index in [-0.39, 0.29) is 5.91 Å². The van der Waals surface area contributed by atoms with E-state index >= 15 is 0 Å². The predicted molar refractivity (Wildman–Crippen MR) is 121 cm³/mol. The van der Waals surface area contributed by atoms with Gasteiger partial charge in [-0.3, -0.25) is 4.79 Å². The number of carbonyl (C=O) groups excluding carboxylic acids is 1. The van der Waals surface area contributed by atoms with Gasteiger partial charge >= 0.3 is 0 Å². The van der Waals surface area contributed by atoms with Crippen LogP contribution in [-0.4, -0.2) is 36.6 Å². The lowest BCUT2D eigenvalue weighted by molar-refractivity contribution is 0.0766. The zero-order chi connectivity index (χ0) is 22.4. The van der Waals surface area contributed by atoms with E-state index in [1.807, 2.05) is 37.3 Å². The number of methoxy groups -OCH3 is 2. The van der Waals surface area contributed by atoms with Crippen LogP contribution < -0.4 is 9.47 Å². The van der Waals surface area contributed by atoms with Gasteiger partial charge in [0.1, 0.15) is 9.88 Å². The van der Waals surface area contributed by atoms with E-state index < -0.39 is 0 Å². The van der Waals surface area contributed by atoms with Crippen LogP contribution in [0.25, 0.3) is 10.6 Å². The first-order valence-electron chi connectivity index (χ1n) is 9.59. The minimum atomic E-state index is -0.106. The van der Waals surface area contributed by atoms with E-state index in [0.29, 0.717) is 40.7 Å². The van der Waals surface area contributed by atoms with Gasteiger partial charge in [0.05, 0.1) is 31.5 Å². The molecule has 0 aliphatic heterocycles. The summed E-state index contributed by atoms with van der Waals surface area (Å²) in [6, 6.07) is 14.9. The highest BCUT2D eigenvalue weighted by Crippen LogP contribution is 2.35. The summed E-state index contributed by atoms with van der Waals surface area (Å²) in [5.41, 5.74) is 3.06. The minimum absolute atomic E-state index is 0.106. The Labute approximate surface area is 186 Å². The first-order chi connectivity index (χ1) is 15.0. The van der Waals surface area contributed by atoms with E-state index in [1.165, 1.54) is 11.3 Å². The van der Waals surface area contributed by atoms with Crippen LogP contribution in [0.4, 0.5) is 0 Å². The molecule has 2 aromatic carbocycles. The van der Waals surface area contributed by atoms with Crippen molar-refractivity contribution < 1.29 is 14.3 Å². The van der Waals surface area contributed by atoms with Gasteiger partial charge in [-0.2, -0.15) is 5.26 Å². The van der Waals surface area contributed by atoms with Gasteiger partial charge in [0.15, 0.2) is 11.5 Å². The molecule has 3 aromatic rings. The molecule has 0 unspecified atom stereocenters. The van der Waals surface area contributed by atoms with E-state index in [0.717, 1.165) is 16.1 Å². The zero-order valence-corrected chi connectivity index (χ0v) is 18.5. The third-order valence-corrected chi connectivity index (χ3v) is 5.91. The number of thiazole rings is 1. The fraction of sp³-hybridized carbons (Fsp3) is 0.208. The molecule has 1 amide bonds. The Bertz CT molecular complexity index is 1130. The first-order valence-corrected chi connectivity index (χ1v) is 10.4. The molecule has 0 bridgehead atoms. The van der Waals surface area contributed by atoms with E-state index in [9.17, 15) is 4.79 Å². The Hall–Kier alpha value is -3.63. The highest BCUT2D eigenvalue weighted by atomic mass is 32.1. The Balaban J connectivity index is 1.88. The molecule has 0 spiro atoms. The quantitative estimate of drug-likeness (QED) is 0.475. The van der Waals surface area contributed by atoms with Gasteiger partial charge in [-0.05, 0) is 42.8 Å². The molecule has 1 heterocycles. The number of ether oxygens (including phenoxy) is 2. The lowest BCUT2D eigenvalue weighted by atomic mass is 10.1. The minimum Gasteiger partial charge on any atom is -0.493 e. The summed E-state index contributed by atoms with van der Waals surface area (Å²) in [7, 11) is 3.17. The van der Waals surface area contributed by atoms with Gasteiger partial charge in [0, 0.05) is 18.7 Å². The number of aromatic nitrogens is 1. The molecule has 158 valence electrons. The number of nitriles is 1. The van der Waals surface area contributed by atoms with Crippen LogP contribution >= 0.6 is 11.3 Å². The second kappa shape index (κ2) is 9.92.